The van der Waals surface area contributed by atoms with Crippen LogP contribution in [0.25, 0.3) is 0 Å². The summed E-state index contributed by atoms with van der Waals surface area (Å²) in [6, 6.07) is 0. The van der Waals surface area contributed by atoms with Crippen molar-refractivity contribution in [3.8, 4) is 0 Å². The van der Waals surface area contributed by atoms with Crippen molar-refractivity contribution in [3.63, 3.8) is 0 Å². The molecule has 0 amide bonds. The largest absolute Gasteiger partial charge is 0.382 e. The number of methoxy groups -OCH3 is 1. The van der Waals surface area contributed by atoms with Gasteiger partial charge in [0.05, 0.1) is 39.6 Å². The first-order chi connectivity index (χ1) is 9.91. The van der Waals surface area contributed by atoms with E-state index in [-0.39, 0.29) is 0 Å². The van der Waals surface area contributed by atoms with Gasteiger partial charge in [0.2, 0.25) is 0 Å². The molecule has 0 aromatic carbocycles. The Morgan fingerprint density at radius 2 is 1.00 bits per heavy atom. The van der Waals surface area contributed by atoms with Gasteiger partial charge in [0.1, 0.15) is 0 Å². The third-order valence-electron chi connectivity index (χ3n) is 2.85. The van der Waals surface area contributed by atoms with E-state index in [9.17, 15) is 0 Å². The Morgan fingerprint density at radius 1 is 0.550 bits per heavy atom. The van der Waals surface area contributed by atoms with Gasteiger partial charge in [0.25, 0.3) is 0 Å². The second kappa shape index (κ2) is 19.3. The Hall–Kier alpha value is 0.320. The standard InChI is InChI=1S/C15H31BrO4/c1-17-10-11-19-14-15-20-13-12-18-9-7-5-3-2-4-6-8-16/h2-15H2,1H3. The minimum atomic E-state index is 0.623. The molecule has 0 saturated heterocycles. The highest BCUT2D eigenvalue weighted by atomic mass is 79.9. The Morgan fingerprint density at radius 3 is 1.55 bits per heavy atom. The first-order valence-corrected chi connectivity index (χ1v) is 8.82. The second-order valence-corrected chi connectivity index (χ2v) is 5.43. The smallest absolute Gasteiger partial charge is 0.0701 e. The fourth-order valence-corrected chi connectivity index (χ4v) is 2.09. The molecule has 0 rings (SSSR count). The van der Waals surface area contributed by atoms with E-state index in [1.807, 2.05) is 0 Å². The summed E-state index contributed by atoms with van der Waals surface area (Å²) in [5.41, 5.74) is 0. The van der Waals surface area contributed by atoms with E-state index >= 15 is 0 Å². The molecule has 5 heteroatoms. The molecule has 0 unspecified atom stereocenters. The zero-order chi connectivity index (χ0) is 14.7. The minimum Gasteiger partial charge on any atom is -0.382 e. The molecule has 0 aliphatic heterocycles. The van der Waals surface area contributed by atoms with Crippen molar-refractivity contribution in [1.29, 1.82) is 0 Å². The van der Waals surface area contributed by atoms with Gasteiger partial charge in [-0.2, -0.15) is 0 Å². The Kier molecular flexibility index (Phi) is 19.6. The molecular weight excluding hydrogens is 324 g/mol. The number of ether oxygens (including phenoxy) is 4. The average molecular weight is 355 g/mol. The molecular formula is C15H31BrO4. The van der Waals surface area contributed by atoms with Crippen molar-refractivity contribution in [2.75, 3.05) is 58.7 Å². The maximum Gasteiger partial charge on any atom is 0.0701 e. The summed E-state index contributed by atoms with van der Waals surface area (Å²) in [5, 5.41) is 1.13. The fourth-order valence-electron chi connectivity index (χ4n) is 1.69. The number of halogens is 1. The van der Waals surface area contributed by atoms with Crippen LogP contribution in [-0.4, -0.2) is 58.7 Å². The van der Waals surface area contributed by atoms with Gasteiger partial charge in [0.15, 0.2) is 0 Å². The average Bonchev–Trinajstić information content (AvgIpc) is 2.47. The molecule has 0 heterocycles. The molecule has 0 aliphatic rings. The van der Waals surface area contributed by atoms with E-state index in [0.29, 0.717) is 39.6 Å². The zero-order valence-electron chi connectivity index (χ0n) is 12.9. The monoisotopic (exact) mass is 354 g/mol. The van der Waals surface area contributed by atoms with E-state index in [1.54, 1.807) is 7.11 Å². The van der Waals surface area contributed by atoms with Gasteiger partial charge in [-0.1, -0.05) is 41.6 Å². The number of unbranched alkanes of at least 4 members (excludes halogenated alkanes) is 5. The number of rotatable bonds is 17. The fraction of sp³-hybridized carbons (Fsp3) is 1.00. The summed E-state index contributed by atoms with van der Waals surface area (Å²) < 4.78 is 21.1. The Balaban J connectivity index is 2.89. The first kappa shape index (κ1) is 20.3. The van der Waals surface area contributed by atoms with E-state index in [1.165, 1.54) is 32.1 Å². The second-order valence-electron chi connectivity index (χ2n) is 4.64. The molecule has 122 valence electrons. The van der Waals surface area contributed by atoms with Crippen LogP contribution in [-0.2, 0) is 18.9 Å². The Labute approximate surface area is 132 Å². The van der Waals surface area contributed by atoms with Crippen molar-refractivity contribution in [2.24, 2.45) is 0 Å². The molecule has 0 bridgehead atoms. The minimum absolute atomic E-state index is 0.623. The highest BCUT2D eigenvalue weighted by molar-refractivity contribution is 9.09. The van der Waals surface area contributed by atoms with Crippen molar-refractivity contribution in [1.82, 2.24) is 0 Å². The van der Waals surface area contributed by atoms with Crippen LogP contribution in [0.5, 0.6) is 0 Å². The van der Waals surface area contributed by atoms with Gasteiger partial charge in [-0.15, -0.1) is 0 Å². The molecule has 4 nitrogen and oxygen atoms in total. The zero-order valence-corrected chi connectivity index (χ0v) is 14.5. The molecule has 0 spiro atoms. The lowest BCUT2D eigenvalue weighted by Crippen LogP contribution is -2.11. The lowest BCUT2D eigenvalue weighted by atomic mass is 10.1. The molecule has 0 aromatic heterocycles. The van der Waals surface area contributed by atoms with Crippen molar-refractivity contribution in [2.45, 2.75) is 38.5 Å². The van der Waals surface area contributed by atoms with E-state index in [0.717, 1.165) is 18.4 Å². The molecule has 0 radical (unpaired) electrons. The van der Waals surface area contributed by atoms with Crippen molar-refractivity contribution in [3.05, 3.63) is 0 Å². The normalized spacial score (nSPS) is 11.1. The lowest BCUT2D eigenvalue weighted by molar-refractivity contribution is 0.00323. The summed E-state index contributed by atoms with van der Waals surface area (Å²) in [7, 11) is 1.67. The third kappa shape index (κ3) is 18.3. The Bertz CT molecular complexity index is 152. The van der Waals surface area contributed by atoms with Crippen LogP contribution in [0.3, 0.4) is 0 Å². The van der Waals surface area contributed by atoms with E-state index in [4.69, 9.17) is 18.9 Å². The molecule has 20 heavy (non-hydrogen) atoms. The van der Waals surface area contributed by atoms with Crippen LogP contribution < -0.4 is 0 Å². The number of alkyl halides is 1. The van der Waals surface area contributed by atoms with Crippen LogP contribution in [0.4, 0.5) is 0 Å². The number of hydrogen-bond donors (Lipinski definition) is 0. The van der Waals surface area contributed by atoms with Crippen LogP contribution in [0.1, 0.15) is 38.5 Å². The topological polar surface area (TPSA) is 36.9 Å². The molecule has 0 fully saturated rings. The SMILES string of the molecule is COCCOCCOCCOCCCCCCCCBr. The highest BCUT2D eigenvalue weighted by Gasteiger charge is 1.93. The molecule has 0 N–H and O–H groups in total. The van der Waals surface area contributed by atoms with E-state index in [2.05, 4.69) is 15.9 Å². The summed E-state index contributed by atoms with van der Waals surface area (Å²) in [6.45, 7) is 4.70. The van der Waals surface area contributed by atoms with Gasteiger partial charge in [0, 0.05) is 19.0 Å². The molecule has 0 aromatic rings. The lowest BCUT2D eigenvalue weighted by Gasteiger charge is -2.06. The predicted molar refractivity (Wildman–Crippen MR) is 85.8 cm³/mol. The van der Waals surface area contributed by atoms with Crippen LogP contribution >= 0.6 is 15.9 Å². The number of hydrogen-bond acceptors (Lipinski definition) is 4. The summed E-state index contributed by atoms with van der Waals surface area (Å²) in [5.74, 6) is 0. The van der Waals surface area contributed by atoms with Gasteiger partial charge >= 0.3 is 0 Å². The van der Waals surface area contributed by atoms with Crippen LogP contribution in [0.2, 0.25) is 0 Å². The van der Waals surface area contributed by atoms with Crippen LogP contribution in [0, 0.1) is 0 Å². The summed E-state index contributed by atoms with van der Waals surface area (Å²) in [4.78, 5) is 0. The predicted octanol–water partition coefficient (Wildman–Crippen LogP) is 3.42. The van der Waals surface area contributed by atoms with Gasteiger partial charge in [-0.3, -0.25) is 0 Å². The van der Waals surface area contributed by atoms with Gasteiger partial charge in [-0.05, 0) is 12.8 Å². The third-order valence-corrected chi connectivity index (χ3v) is 3.41. The van der Waals surface area contributed by atoms with Gasteiger partial charge in [-0.25, -0.2) is 0 Å². The maximum atomic E-state index is 5.51. The van der Waals surface area contributed by atoms with Gasteiger partial charge < -0.3 is 18.9 Å². The van der Waals surface area contributed by atoms with Crippen molar-refractivity contribution < 1.29 is 18.9 Å². The van der Waals surface area contributed by atoms with Crippen LogP contribution in [0.15, 0.2) is 0 Å². The molecule has 0 atom stereocenters. The van der Waals surface area contributed by atoms with Crippen molar-refractivity contribution >= 4 is 15.9 Å². The van der Waals surface area contributed by atoms with E-state index < -0.39 is 0 Å². The highest BCUT2D eigenvalue weighted by Crippen LogP contribution is 2.06. The first-order valence-electron chi connectivity index (χ1n) is 7.70. The summed E-state index contributed by atoms with van der Waals surface area (Å²) in [6.07, 6.45) is 7.74. The summed E-state index contributed by atoms with van der Waals surface area (Å²) >= 11 is 3.45. The quantitative estimate of drug-likeness (QED) is 0.296. The molecule has 0 aliphatic carbocycles. The molecule has 0 saturated carbocycles. The maximum absolute atomic E-state index is 5.51.